The second-order valence-electron chi connectivity index (χ2n) is 6.03. The molecule has 142 valence electrons. The van der Waals surface area contributed by atoms with Crippen LogP contribution in [0, 0.1) is 0 Å². The molecule has 0 radical (unpaired) electrons. The maximum absolute atomic E-state index is 12.9. The van der Waals surface area contributed by atoms with Gasteiger partial charge in [-0.2, -0.15) is 0 Å². The summed E-state index contributed by atoms with van der Waals surface area (Å²) in [5.74, 6) is -0.894. The molecule has 3 rings (SSSR count). The van der Waals surface area contributed by atoms with Crippen LogP contribution in [0.2, 0.25) is 5.02 Å². The lowest BCUT2D eigenvalue weighted by molar-refractivity contribution is -0.120. The molecule has 0 aliphatic rings. The number of carboxylic acids is 1. The molecule has 5 nitrogen and oxygen atoms in total. The second-order valence-corrected chi connectivity index (χ2v) is 6.47. The largest absolute Gasteiger partial charge is 0.484 e. The molecule has 0 aromatic heterocycles. The van der Waals surface area contributed by atoms with Crippen molar-refractivity contribution >= 4 is 29.2 Å². The Morgan fingerprint density at radius 3 is 2.21 bits per heavy atom. The smallest absolute Gasteiger partial charge is 0.337 e. The number of carboxylic acid groups (broad SMARTS) is 1. The molecule has 3 aromatic rings. The third kappa shape index (κ3) is 4.90. The average Bonchev–Trinajstić information content (AvgIpc) is 2.72. The number of halogens is 1. The Morgan fingerprint density at radius 1 is 0.893 bits per heavy atom. The van der Waals surface area contributed by atoms with E-state index in [9.17, 15) is 14.7 Å². The van der Waals surface area contributed by atoms with E-state index in [1.807, 2.05) is 18.2 Å². The molecule has 0 unspecified atom stereocenters. The van der Waals surface area contributed by atoms with Crippen molar-refractivity contribution in [3.8, 4) is 5.75 Å². The minimum Gasteiger partial charge on any atom is -0.484 e. The molecule has 0 heterocycles. The van der Waals surface area contributed by atoms with E-state index in [2.05, 4.69) is 0 Å². The van der Waals surface area contributed by atoms with Gasteiger partial charge in [0.15, 0.2) is 6.61 Å². The van der Waals surface area contributed by atoms with Crippen LogP contribution in [0.1, 0.15) is 15.9 Å². The van der Waals surface area contributed by atoms with Gasteiger partial charge in [0.2, 0.25) is 0 Å². The van der Waals surface area contributed by atoms with Crippen molar-refractivity contribution in [2.45, 2.75) is 6.54 Å². The highest BCUT2D eigenvalue weighted by atomic mass is 35.5. The van der Waals surface area contributed by atoms with Crippen LogP contribution in [0.25, 0.3) is 0 Å². The molecule has 0 spiro atoms. The number of rotatable bonds is 7. The highest BCUT2D eigenvalue weighted by Gasteiger charge is 2.22. The van der Waals surface area contributed by atoms with Crippen LogP contribution >= 0.6 is 11.6 Å². The maximum atomic E-state index is 12.9. The van der Waals surface area contributed by atoms with Gasteiger partial charge in [0.1, 0.15) is 5.75 Å². The van der Waals surface area contributed by atoms with Gasteiger partial charge >= 0.3 is 5.97 Å². The van der Waals surface area contributed by atoms with E-state index in [0.29, 0.717) is 16.5 Å². The fraction of sp³-hybridized carbons (Fsp3) is 0.0909. The quantitative estimate of drug-likeness (QED) is 0.632. The predicted octanol–water partition coefficient (Wildman–Crippen LogP) is 4.65. The Labute approximate surface area is 167 Å². The number of benzene rings is 3. The molecule has 3 aromatic carbocycles. The number of carbonyl (C=O) groups is 2. The van der Waals surface area contributed by atoms with Crippen molar-refractivity contribution in [1.29, 1.82) is 0 Å². The van der Waals surface area contributed by atoms with E-state index >= 15 is 0 Å². The van der Waals surface area contributed by atoms with Gasteiger partial charge in [0, 0.05) is 5.02 Å². The number of amides is 1. The third-order valence-corrected chi connectivity index (χ3v) is 4.34. The van der Waals surface area contributed by atoms with Crippen LogP contribution in [0.15, 0.2) is 78.9 Å². The van der Waals surface area contributed by atoms with E-state index in [0.717, 1.165) is 5.56 Å². The number of hydrogen-bond donors (Lipinski definition) is 1. The zero-order valence-electron chi connectivity index (χ0n) is 14.9. The van der Waals surface area contributed by atoms with Gasteiger partial charge in [-0.25, -0.2) is 4.79 Å². The van der Waals surface area contributed by atoms with Gasteiger partial charge in [0.25, 0.3) is 5.91 Å². The van der Waals surface area contributed by atoms with Crippen LogP contribution in [0.4, 0.5) is 5.69 Å². The molecule has 0 atom stereocenters. The summed E-state index contributed by atoms with van der Waals surface area (Å²) in [5, 5.41) is 10.1. The molecule has 6 heteroatoms. The number of carbonyl (C=O) groups excluding carboxylic acids is 1. The van der Waals surface area contributed by atoms with Crippen molar-refractivity contribution in [3.63, 3.8) is 0 Å². The summed E-state index contributed by atoms with van der Waals surface area (Å²) in [6.45, 7) is -0.0238. The van der Waals surface area contributed by atoms with Crippen LogP contribution in [0.5, 0.6) is 5.75 Å². The van der Waals surface area contributed by atoms with Gasteiger partial charge in [-0.15, -0.1) is 0 Å². The first-order chi connectivity index (χ1) is 13.5. The van der Waals surface area contributed by atoms with Crippen LogP contribution in [0.3, 0.4) is 0 Å². The summed E-state index contributed by atoms with van der Waals surface area (Å²) in [7, 11) is 0. The van der Waals surface area contributed by atoms with E-state index < -0.39 is 5.97 Å². The van der Waals surface area contributed by atoms with Crippen molar-refractivity contribution < 1.29 is 19.4 Å². The summed E-state index contributed by atoms with van der Waals surface area (Å²) in [5.41, 5.74) is 1.17. The Kier molecular flexibility index (Phi) is 6.29. The number of anilines is 1. The number of hydrogen-bond acceptors (Lipinski definition) is 3. The van der Waals surface area contributed by atoms with E-state index in [1.165, 1.54) is 11.0 Å². The molecular formula is C22H18ClNO4. The molecule has 28 heavy (non-hydrogen) atoms. The lowest BCUT2D eigenvalue weighted by atomic mass is 10.1. The van der Waals surface area contributed by atoms with Crippen molar-refractivity contribution in [2.24, 2.45) is 0 Å². The predicted molar refractivity (Wildman–Crippen MR) is 108 cm³/mol. The van der Waals surface area contributed by atoms with E-state index in [4.69, 9.17) is 16.3 Å². The molecule has 0 aliphatic carbocycles. The van der Waals surface area contributed by atoms with Crippen molar-refractivity contribution in [3.05, 3.63) is 95.0 Å². The normalized spacial score (nSPS) is 10.3. The van der Waals surface area contributed by atoms with Gasteiger partial charge < -0.3 is 14.7 Å². The van der Waals surface area contributed by atoms with Gasteiger partial charge in [-0.1, -0.05) is 54.1 Å². The molecule has 0 aliphatic heterocycles. The van der Waals surface area contributed by atoms with Gasteiger partial charge in [-0.3, -0.25) is 4.79 Å². The van der Waals surface area contributed by atoms with E-state index in [-0.39, 0.29) is 24.6 Å². The summed E-state index contributed by atoms with van der Waals surface area (Å²) < 4.78 is 5.57. The molecule has 1 amide bonds. The second kappa shape index (κ2) is 9.06. The summed E-state index contributed by atoms with van der Waals surface area (Å²) >= 11 is 5.93. The van der Waals surface area contributed by atoms with Crippen LogP contribution in [-0.4, -0.2) is 23.6 Å². The first-order valence-corrected chi connectivity index (χ1v) is 8.97. The Hall–Kier alpha value is -3.31. The Morgan fingerprint density at radius 2 is 1.54 bits per heavy atom. The molecule has 0 fully saturated rings. The summed E-state index contributed by atoms with van der Waals surface area (Å²) in [6.07, 6.45) is 0. The number of para-hydroxylation sites is 2. The number of aromatic carboxylic acids is 1. The zero-order valence-corrected chi connectivity index (χ0v) is 15.7. The molecule has 0 saturated heterocycles. The molecule has 1 N–H and O–H groups in total. The van der Waals surface area contributed by atoms with Gasteiger partial charge in [-0.05, 0) is 42.0 Å². The first kappa shape index (κ1) is 19.5. The highest BCUT2D eigenvalue weighted by molar-refractivity contribution is 6.30. The minimum atomic E-state index is -1.10. The Balaban J connectivity index is 1.88. The maximum Gasteiger partial charge on any atom is 0.337 e. The lowest BCUT2D eigenvalue weighted by Gasteiger charge is -2.24. The SMILES string of the molecule is O=C(O)c1ccccc1N(Cc1ccc(Cl)cc1)C(=O)COc1ccccc1. The topological polar surface area (TPSA) is 66.8 Å². The lowest BCUT2D eigenvalue weighted by Crippen LogP contribution is -2.35. The number of ether oxygens (including phenoxy) is 1. The summed E-state index contributed by atoms with van der Waals surface area (Å²) in [6, 6.07) is 22.4. The minimum absolute atomic E-state index is 0.0459. The van der Waals surface area contributed by atoms with Crippen molar-refractivity contribution in [2.75, 3.05) is 11.5 Å². The average molecular weight is 396 g/mol. The number of nitrogens with zero attached hydrogens (tertiary/aromatic N) is 1. The summed E-state index contributed by atoms with van der Waals surface area (Å²) in [4.78, 5) is 26.0. The zero-order chi connectivity index (χ0) is 19.9. The van der Waals surface area contributed by atoms with E-state index in [1.54, 1.807) is 54.6 Å². The monoisotopic (exact) mass is 395 g/mol. The fourth-order valence-corrected chi connectivity index (χ4v) is 2.84. The van der Waals surface area contributed by atoms with Crippen LogP contribution in [-0.2, 0) is 11.3 Å². The van der Waals surface area contributed by atoms with Crippen LogP contribution < -0.4 is 9.64 Å². The molecule has 0 bridgehead atoms. The van der Waals surface area contributed by atoms with Gasteiger partial charge in [0.05, 0.1) is 17.8 Å². The van der Waals surface area contributed by atoms with Crippen molar-refractivity contribution in [1.82, 2.24) is 0 Å². The molecule has 0 saturated carbocycles. The standard InChI is InChI=1S/C22H18ClNO4/c23-17-12-10-16(11-13-17)14-24(20-9-5-4-8-19(20)22(26)27)21(25)15-28-18-6-2-1-3-7-18/h1-13H,14-15H2,(H,26,27). The molecular weight excluding hydrogens is 378 g/mol. The Bertz CT molecular complexity index is 958. The third-order valence-electron chi connectivity index (χ3n) is 4.09. The first-order valence-electron chi connectivity index (χ1n) is 8.59. The fourth-order valence-electron chi connectivity index (χ4n) is 2.71. The highest BCUT2D eigenvalue weighted by Crippen LogP contribution is 2.24.